The molecule has 1 saturated heterocycles. The number of rotatable bonds is 5. The summed E-state index contributed by atoms with van der Waals surface area (Å²) in [6.07, 6.45) is 0. The summed E-state index contributed by atoms with van der Waals surface area (Å²) in [6.45, 7) is -0.00474. The number of nitrogens with one attached hydrogen (secondary N) is 2. The molecule has 7 heteroatoms. The zero-order valence-electron chi connectivity index (χ0n) is 10.5. The van der Waals surface area contributed by atoms with Crippen molar-refractivity contribution in [2.75, 3.05) is 12.3 Å². The number of thioether (sulfide) groups is 1. The molecule has 20 heavy (non-hydrogen) atoms. The van der Waals surface area contributed by atoms with Gasteiger partial charge < -0.3 is 15.7 Å². The number of benzene rings is 1. The zero-order valence-corrected chi connectivity index (χ0v) is 11.4. The molecule has 2 amide bonds. The van der Waals surface area contributed by atoms with E-state index in [-0.39, 0.29) is 17.7 Å². The van der Waals surface area contributed by atoms with E-state index >= 15 is 0 Å². The van der Waals surface area contributed by atoms with Gasteiger partial charge in [0, 0.05) is 12.3 Å². The number of aliphatic carboxylic acids is 1. The van der Waals surface area contributed by atoms with Crippen LogP contribution in [0.15, 0.2) is 30.3 Å². The molecule has 0 saturated carbocycles. The van der Waals surface area contributed by atoms with E-state index in [1.165, 1.54) is 0 Å². The lowest BCUT2D eigenvalue weighted by Gasteiger charge is -2.15. The molecule has 1 aromatic carbocycles. The molecule has 0 aromatic heterocycles. The van der Waals surface area contributed by atoms with Crippen LogP contribution in [0.4, 0.5) is 4.79 Å². The van der Waals surface area contributed by atoms with E-state index in [2.05, 4.69) is 10.6 Å². The Bertz CT molecular complexity index is 520. The average Bonchev–Trinajstić information content (AvgIpc) is 2.86. The van der Waals surface area contributed by atoms with Crippen LogP contribution in [0.2, 0.25) is 0 Å². The minimum absolute atomic E-state index is 0.00474. The van der Waals surface area contributed by atoms with E-state index in [1.807, 2.05) is 0 Å². The van der Waals surface area contributed by atoms with Gasteiger partial charge in [0.1, 0.15) is 6.04 Å². The average molecular weight is 294 g/mol. The van der Waals surface area contributed by atoms with Gasteiger partial charge in [0.15, 0.2) is 0 Å². The second kappa shape index (κ2) is 6.42. The van der Waals surface area contributed by atoms with Crippen LogP contribution in [0.1, 0.15) is 11.5 Å². The van der Waals surface area contributed by atoms with E-state index in [0.29, 0.717) is 11.3 Å². The van der Waals surface area contributed by atoms with E-state index in [0.717, 1.165) is 11.8 Å². The molecule has 6 nitrogen and oxygen atoms in total. The molecule has 1 fully saturated rings. The lowest BCUT2D eigenvalue weighted by atomic mass is 9.99. The Morgan fingerprint density at radius 2 is 2.10 bits per heavy atom. The van der Waals surface area contributed by atoms with E-state index < -0.39 is 17.9 Å². The second-order valence-electron chi connectivity index (χ2n) is 4.34. The summed E-state index contributed by atoms with van der Waals surface area (Å²) in [5.41, 5.74) is 0.630. The Morgan fingerprint density at radius 3 is 2.65 bits per heavy atom. The van der Waals surface area contributed by atoms with Crippen molar-refractivity contribution in [1.82, 2.24) is 10.6 Å². The number of carboxylic acids is 1. The summed E-state index contributed by atoms with van der Waals surface area (Å²) in [5.74, 6) is -1.79. The van der Waals surface area contributed by atoms with E-state index in [9.17, 15) is 19.5 Å². The van der Waals surface area contributed by atoms with Gasteiger partial charge in [-0.05, 0) is 5.56 Å². The fraction of sp³-hybridized carbons (Fsp3) is 0.308. The second-order valence-corrected chi connectivity index (χ2v) is 5.33. The Hall–Kier alpha value is -2.02. The van der Waals surface area contributed by atoms with Crippen molar-refractivity contribution >= 4 is 28.9 Å². The third-order valence-electron chi connectivity index (χ3n) is 2.97. The first kappa shape index (κ1) is 14.4. The van der Waals surface area contributed by atoms with Gasteiger partial charge in [0.05, 0.1) is 5.92 Å². The van der Waals surface area contributed by atoms with Crippen molar-refractivity contribution in [2.45, 2.75) is 12.0 Å². The summed E-state index contributed by atoms with van der Waals surface area (Å²) >= 11 is 1.04. The summed E-state index contributed by atoms with van der Waals surface area (Å²) in [7, 11) is 0. The van der Waals surface area contributed by atoms with Crippen LogP contribution in [0.5, 0.6) is 0 Å². The van der Waals surface area contributed by atoms with Gasteiger partial charge in [-0.1, -0.05) is 42.1 Å². The number of hydrogen-bond acceptors (Lipinski definition) is 4. The van der Waals surface area contributed by atoms with Gasteiger partial charge in [-0.2, -0.15) is 0 Å². The van der Waals surface area contributed by atoms with Crippen LogP contribution < -0.4 is 10.6 Å². The van der Waals surface area contributed by atoms with Crippen molar-refractivity contribution in [2.24, 2.45) is 0 Å². The fourth-order valence-corrected chi connectivity index (χ4v) is 2.66. The zero-order chi connectivity index (χ0) is 14.5. The minimum atomic E-state index is -0.999. The predicted octanol–water partition coefficient (Wildman–Crippen LogP) is 0.796. The Morgan fingerprint density at radius 1 is 1.40 bits per heavy atom. The fourth-order valence-electron chi connectivity index (χ4n) is 1.88. The van der Waals surface area contributed by atoms with Crippen molar-refractivity contribution in [3.05, 3.63) is 35.9 Å². The molecule has 0 aliphatic carbocycles. The summed E-state index contributed by atoms with van der Waals surface area (Å²) in [5, 5.41) is 14.1. The predicted molar refractivity (Wildman–Crippen MR) is 74.6 cm³/mol. The highest BCUT2D eigenvalue weighted by Gasteiger charge is 2.29. The molecule has 0 spiro atoms. The monoisotopic (exact) mass is 294 g/mol. The standard InChI is InChI=1S/C13H14N2O4S/c16-11(10-7-20-13(19)15-10)14-6-9(12(17)18)8-4-2-1-3-5-8/h1-5,9-10H,6-7H2,(H,14,16)(H,15,19)(H,17,18). The summed E-state index contributed by atoms with van der Waals surface area (Å²) < 4.78 is 0. The molecule has 1 aromatic rings. The van der Waals surface area contributed by atoms with Crippen LogP contribution in [0.3, 0.4) is 0 Å². The molecule has 1 heterocycles. The van der Waals surface area contributed by atoms with Crippen molar-refractivity contribution < 1.29 is 19.5 Å². The lowest BCUT2D eigenvalue weighted by molar-refractivity contribution is -0.138. The van der Waals surface area contributed by atoms with Crippen LogP contribution in [-0.4, -0.2) is 40.6 Å². The Labute approximate surface area is 119 Å². The molecule has 106 valence electrons. The topological polar surface area (TPSA) is 95.5 Å². The third-order valence-corrected chi connectivity index (χ3v) is 3.85. The number of carbonyl (C=O) groups excluding carboxylic acids is 2. The molecule has 1 aliphatic heterocycles. The Kier molecular flexibility index (Phi) is 4.62. The van der Waals surface area contributed by atoms with Crippen molar-refractivity contribution in [1.29, 1.82) is 0 Å². The first-order chi connectivity index (χ1) is 9.58. The number of amides is 2. The Balaban J connectivity index is 1.95. The minimum Gasteiger partial charge on any atom is -0.481 e. The van der Waals surface area contributed by atoms with E-state index in [4.69, 9.17) is 0 Å². The molecule has 0 radical (unpaired) electrons. The number of hydrogen-bond donors (Lipinski definition) is 3. The third kappa shape index (κ3) is 3.51. The normalized spacial score (nSPS) is 19.2. The highest BCUT2D eigenvalue weighted by Crippen LogP contribution is 2.16. The van der Waals surface area contributed by atoms with E-state index in [1.54, 1.807) is 30.3 Å². The molecular formula is C13H14N2O4S. The van der Waals surface area contributed by atoms with Gasteiger partial charge in [-0.25, -0.2) is 0 Å². The largest absolute Gasteiger partial charge is 0.481 e. The van der Waals surface area contributed by atoms with Crippen LogP contribution in [-0.2, 0) is 9.59 Å². The molecular weight excluding hydrogens is 280 g/mol. The maximum absolute atomic E-state index is 11.8. The highest BCUT2D eigenvalue weighted by molar-refractivity contribution is 8.14. The maximum Gasteiger partial charge on any atom is 0.312 e. The van der Waals surface area contributed by atoms with Crippen LogP contribution in [0.25, 0.3) is 0 Å². The van der Waals surface area contributed by atoms with Gasteiger partial charge in [-0.15, -0.1) is 0 Å². The maximum atomic E-state index is 11.8. The van der Waals surface area contributed by atoms with Gasteiger partial charge in [0.2, 0.25) is 5.91 Å². The highest BCUT2D eigenvalue weighted by atomic mass is 32.2. The van der Waals surface area contributed by atoms with Crippen LogP contribution >= 0.6 is 11.8 Å². The smallest absolute Gasteiger partial charge is 0.312 e. The molecule has 0 bridgehead atoms. The van der Waals surface area contributed by atoms with Gasteiger partial charge in [-0.3, -0.25) is 14.4 Å². The molecule has 3 N–H and O–H groups in total. The molecule has 2 unspecified atom stereocenters. The first-order valence-electron chi connectivity index (χ1n) is 6.06. The van der Waals surface area contributed by atoms with Gasteiger partial charge in [0.25, 0.3) is 5.24 Å². The summed E-state index contributed by atoms with van der Waals surface area (Å²) in [4.78, 5) is 34.1. The number of carboxylic acid groups (broad SMARTS) is 1. The SMILES string of the molecule is O=C1NC(C(=O)NCC(C(=O)O)c2ccccc2)CS1. The molecule has 2 atom stereocenters. The van der Waals surface area contributed by atoms with Crippen molar-refractivity contribution in [3.8, 4) is 0 Å². The van der Waals surface area contributed by atoms with Gasteiger partial charge >= 0.3 is 5.97 Å². The molecule has 2 rings (SSSR count). The first-order valence-corrected chi connectivity index (χ1v) is 7.05. The lowest BCUT2D eigenvalue weighted by Crippen LogP contribution is -2.44. The number of carbonyl (C=O) groups is 3. The summed E-state index contributed by atoms with van der Waals surface area (Å²) in [6, 6.07) is 8.13. The van der Waals surface area contributed by atoms with Crippen molar-refractivity contribution in [3.63, 3.8) is 0 Å². The quantitative estimate of drug-likeness (QED) is 0.746. The van der Waals surface area contributed by atoms with Crippen LogP contribution in [0, 0.1) is 0 Å². The molecule has 1 aliphatic rings.